The molecule has 7 nitrogen and oxygen atoms in total. The van der Waals surface area contributed by atoms with Crippen molar-refractivity contribution >= 4 is 24.0 Å². The standard InChI is InChI=1S/C13H17N3O4.ClH/c1-20-12-5-4-9(6-11(12)16(18)19)13(17)15-10(7-14)8-2-3-8;/h4-6,8,10H,2-3,7,14H2,1H3,(H,15,17);1H. The van der Waals surface area contributed by atoms with E-state index >= 15 is 0 Å². The molecular weight excluding hydrogens is 298 g/mol. The number of rotatable bonds is 6. The molecule has 0 aromatic heterocycles. The van der Waals surface area contributed by atoms with Crippen molar-refractivity contribution in [3.05, 3.63) is 33.9 Å². The van der Waals surface area contributed by atoms with Crippen LogP contribution in [0.1, 0.15) is 23.2 Å². The number of benzene rings is 1. The van der Waals surface area contributed by atoms with Gasteiger partial charge in [-0.25, -0.2) is 0 Å². The van der Waals surface area contributed by atoms with Crippen molar-refractivity contribution in [1.29, 1.82) is 0 Å². The first-order chi connectivity index (χ1) is 9.56. The maximum atomic E-state index is 12.1. The highest BCUT2D eigenvalue weighted by atomic mass is 35.5. The monoisotopic (exact) mass is 315 g/mol. The zero-order chi connectivity index (χ0) is 14.7. The summed E-state index contributed by atoms with van der Waals surface area (Å²) in [6.45, 7) is 0.370. The van der Waals surface area contributed by atoms with E-state index in [1.807, 2.05) is 0 Å². The molecule has 1 saturated carbocycles. The van der Waals surface area contributed by atoms with Crippen LogP contribution in [0.2, 0.25) is 0 Å². The van der Waals surface area contributed by atoms with Crippen molar-refractivity contribution < 1.29 is 14.5 Å². The molecule has 1 unspecified atom stereocenters. The van der Waals surface area contributed by atoms with Crippen LogP contribution < -0.4 is 15.8 Å². The number of methoxy groups -OCH3 is 1. The van der Waals surface area contributed by atoms with Crippen molar-refractivity contribution in [3.8, 4) is 5.75 Å². The second-order valence-electron chi connectivity index (χ2n) is 4.80. The first-order valence-electron chi connectivity index (χ1n) is 6.40. The fourth-order valence-corrected chi connectivity index (χ4v) is 2.09. The molecule has 0 heterocycles. The van der Waals surface area contributed by atoms with Gasteiger partial charge in [-0.3, -0.25) is 14.9 Å². The van der Waals surface area contributed by atoms with E-state index in [4.69, 9.17) is 10.5 Å². The molecule has 3 N–H and O–H groups in total. The second-order valence-corrected chi connectivity index (χ2v) is 4.80. The zero-order valence-corrected chi connectivity index (χ0v) is 12.4. The third-order valence-electron chi connectivity index (χ3n) is 3.40. The van der Waals surface area contributed by atoms with Crippen LogP contribution in [-0.4, -0.2) is 30.5 Å². The van der Waals surface area contributed by atoms with E-state index < -0.39 is 4.92 Å². The highest BCUT2D eigenvalue weighted by Crippen LogP contribution is 2.32. The minimum Gasteiger partial charge on any atom is -0.490 e. The molecular formula is C13H18ClN3O4. The van der Waals surface area contributed by atoms with Gasteiger partial charge in [0.05, 0.1) is 12.0 Å². The summed E-state index contributed by atoms with van der Waals surface area (Å²) in [6, 6.07) is 4.07. The summed E-state index contributed by atoms with van der Waals surface area (Å²) in [7, 11) is 1.35. The molecule has 1 aromatic carbocycles. The molecule has 116 valence electrons. The Morgan fingerprint density at radius 1 is 1.57 bits per heavy atom. The molecule has 1 aromatic rings. The summed E-state index contributed by atoms with van der Waals surface area (Å²) in [5.74, 6) is 0.208. The summed E-state index contributed by atoms with van der Waals surface area (Å²) in [5, 5.41) is 13.7. The van der Waals surface area contributed by atoms with Gasteiger partial charge in [-0.1, -0.05) is 0 Å². The minimum absolute atomic E-state index is 0. The Balaban J connectivity index is 0.00000220. The molecule has 1 aliphatic rings. The van der Waals surface area contributed by atoms with Crippen LogP contribution in [0.25, 0.3) is 0 Å². The Morgan fingerprint density at radius 3 is 2.71 bits per heavy atom. The minimum atomic E-state index is -0.573. The van der Waals surface area contributed by atoms with E-state index in [0.717, 1.165) is 12.8 Å². The normalized spacial score (nSPS) is 14.8. The van der Waals surface area contributed by atoms with Gasteiger partial charge in [0.15, 0.2) is 5.75 Å². The molecule has 0 bridgehead atoms. The first kappa shape index (κ1) is 17.2. The number of carbonyl (C=O) groups excluding carboxylic acids is 1. The summed E-state index contributed by atoms with van der Waals surface area (Å²) in [6.07, 6.45) is 2.12. The number of ether oxygens (including phenoxy) is 1. The molecule has 0 radical (unpaired) electrons. The molecule has 1 atom stereocenters. The highest BCUT2D eigenvalue weighted by molar-refractivity contribution is 5.95. The molecule has 21 heavy (non-hydrogen) atoms. The largest absolute Gasteiger partial charge is 0.490 e. The van der Waals surface area contributed by atoms with Crippen molar-refractivity contribution in [1.82, 2.24) is 5.32 Å². The van der Waals surface area contributed by atoms with Crippen LogP contribution in [0.3, 0.4) is 0 Å². The SMILES string of the molecule is COc1ccc(C(=O)NC(CN)C2CC2)cc1[N+](=O)[O-].Cl. The van der Waals surface area contributed by atoms with E-state index in [1.54, 1.807) is 0 Å². The van der Waals surface area contributed by atoms with Gasteiger partial charge in [0.2, 0.25) is 0 Å². The predicted octanol–water partition coefficient (Wildman–Crippen LogP) is 1.49. The van der Waals surface area contributed by atoms with E-state index in [0.29, 0.717) is 12.5 Å². The molecule has 8 heteroatoms. The lowest BCUT2D eigenvalue weighted by molar-refractivity contribution is -0.385. The number of amides is 1. The van der Waals surface area contributed by atoms with Crippen molar-refractivity contribution in [3.63, 3.8) is 0 Å². The van der Waals surface area contributed by atoms with Crippen LogP contribution in [0.5, 0.6) is 5.75 Å². The lowest BCUT2D eigenvalue weighted by atomic mass is 10.1. The Bertz CT molecular complexity index is 534. The molecule has 1 aliphatic carbocycles. The van der Waals surface area contributed by atoms with Crippen LogP contribution in [0.15, 0.2) is 18.2 Å². The number of halogens is 1. The van der Waals surface area contributed by atoms with Crippen LogP contribution >= 0.6 is 12.4 Å². The van der Waals surface area contributed by atoms with E-state index in [1.165, 1.54) is 25.3 Å². The van der Waals surface area contributed by atoms with Gasteiger partial charge in [-0.15, -0.1) is 12.4 Å². The van der Waals surface area contributed by atoms with Crippen LogP contribution in [0, 0.1) is 16.0 Å². The van der Waals surface area contributed by atoms with Gasteiger partial charge in [-0.2, -0.15) is 0 Å². The van der Waals surface area contributed by atoms with E-state index in [9.17, 15) is 14.9 Å². The van der Waals surface area contributed by atoms with Crippen molar-refractivity contribution in [2.24, 2.45) is 11.7 Å². The van der Waals surface area contributed by atoms with Crippen LogP contribution in [0.4, 0.5) is 5.69 Å². The Labute approximate surface area is 128 Å². The number of nitrogens with one attached hydrogen (secondary N) is 1. The molecule has 0 saturated heterocycles. The predicted molar refractivity (Wildman–Crippen MR) is 79.9 cm³/mol. The van der Waals surface area contributed by atoms with Crippen molar-refractivity contribution in [2.45, 2.75) is 18.9 Å². The lowest BCUT2D eigenvalue weighted by Crippen LogP contribution is -2.41. The third kappa shape index (κ3) is 4.05. The average molecular weight is 316 g/mol. The van der Waals surface area contributed by atoms with E-state index in [2.05, 4.69) is 5.32 Å². The highest BCUT2D eigenvalue weighted by Gasteiger charge is 2.31. The molecule has 1 fully saturated rings. The number of nitro benzene ring substituents is 1. The topological polar surface area (TPSA) is 107 Å². The lowest BCUT2D eigenvalue weighted by Gasteiger charge is -2.16. The van der Waals surface area contributed by atoms with Gasteiger partial charge >= 0.3 is 5.69 Å². The Kier molecular flexibility index (Phi) is 5.92. The summed E-state index contributed by atoms with van der Waals surface area (Å²) >= 11 is 0. The zero-order valence-electron chi connectivity index (χ0n) is 11.6. The Hall–Kier alpha value is -1.86. The van der Waals surface area contributed by atoms with Gasteiger partial charge in [0, 0.05) is 24.2 Å². The first-order valence-corrected chi connectivity index (χ1v) is 6.40. The second kappa shape index (κ2) is 7.24. The van der Waals surface area contributed by atoms with Gasteiger partial charge in [0.1, 0.15) is 0 Å². The Morgan fingerprint density at radius 2 is 2.24 bits per heavy atom. The number of nitrogens with two attached hydrogens (primary N) is 1. The molecule has 2 rings (SSSR count). The third-order valence-corrected chi connectivity index (χ3v) is 3.40. The summed E-state index contributed by atoms with van der Waals surface area (Å²) in [5.41, 5.74) is 5.63. The number of nitro groups is 1. The summed E-state index contributed by atoms with van der Waals surface area (Å²) < 4.78 is 4.90. The van der Waals surface area contributed by atoms with Gasteiger partial charge in [-0.05, 0) is 30.9 Å². The van der Waals surface area contributed by atoms with Crippen molar-refractivity contribution in [2.75, 3.05) is 13.7 Å². The number of carbonyl (C=O) groups is 1. The maximum Gasteiger partial charge on any atom is 0.311 e. The fourth-order valence-electron chi connectivity index (χ4n) is 2.09. The molecule has 1 amide bonds. The quantitative estimate of drug-likeness (QED) is 0.611. The van der Waals surface area contributed by atoms with Crippen LogP contribution in [-0.2, 0) is 0 Å². The summed E-state index contributed by atoms with van der Waals surface area (Å²) in [4.78, 5) is 22.4. The number of hydrogen-bond donors (Lipinski definition) is 2. The smallest absolute Gasteiger partial charge is 0.311 e. The fraction of sp³-hybridized carbons (Fsp3) is 0.462. The van der Waals surface area contributed by atoms with Gasteiger partial charge in [0.25, 0.3) is 5.91 Å². The number of hydrogen-bond acceptors (Lipinski definition) is 5. The maximum absolute atomic E-state index is 12.1. The molecule has 0 aliphatic heterocycles. The van der Waals surface area contributed by atoms with E-state index in [-0.39, 0.29) is 41.4 Å². The van der Waals surface area contributed by atoms with Gasteiger partial charge < -0.3 is 15.8 Å². The average Bonchev–Trinajstić information content (AvgIpc) is 3.28. The number of nitrogens with zero attached hydrogens (tertiary/aromatic N) is 1. The molecule has 0 spiro atoms.